The molecule has 0 saturated heterocycles. The van der Waals surface area contributed by atoms with Gasteiger partial charge < -0.3 is 29.7 Å². The summed E-state index contributed by atoms with van der Waals surface area (Å²) in [6, 6.07) is 0. The summed E-state index contributed by atoms with van der Waals surface area (Å²) in [5.74, 6) is 0. The van der Waals surface area contributed by atoms with E-state index in [9.17, 15) is 0 Å². The minimum absolute atomic E-state index is 0. The summed E-state index contributed by atoms with van der Waals surface area (Å²) in [7, 11) is 11.4. The van der Waals surface area contributed by atoms with E-state index in [0.717, 1.165) is 19.6 Å². The Morgan fingerprint density at radius 3 is 0.773 bits per heavy atom. The Kier molecular flexibility index (Phi) is 33.6. The van der Waals surface area contributed by atoms with E-state index in [1.165, 1.54) is 0 Å². The molecule has 0 spiro atoms. The molecule has 0 fully saturated rings. The maximum absolute atomic E-state index is 3.85. The van der Waals surface area contributed by atoms with Crippen LogP contribution in [0.3, 0.4) is 0 Å². The smallest absolute Gasteiger partial charge is 0.542 e. The van der Waals surface area contributed by atoms with Gasteiger partial charge in [0.15, 0.2) is 0 Å². The van der Waals surface area contributed by atoms with Crippen molar-refractivity contribution in [1.82, 2.24) is 14.7 Å². The van der Waals surface area contributed by atoms with Crippen molar-refractivity contribution in [2.45, 2.75) is 20.8 Å². The third-order valence-electron chi connectivity index (χ3n) is 1.29. The Labute approximate surface area is 157 Å². The molecule has 0 aliphatic heterocycles. The Balaban J connectivity index is -0.000000108. The molecule has 7 heteroatoms. The van der Waals surface area contributed by atoms with Crippen LogP contribution in [0.15, 0.2) is 15.0 Å². The summed E-state index contributed by atoms with van der Waals surface area (Å²) in [6.45, 7) is 8.40. The second kappa shape index (κ2) is 25.2. The number of rotatable bonds is 6. The van der Waals surface area contributed by atoms with Crippen molar-refractivity contribution in [3.05, 3.63) is 0 Å². The number of nitrogens with zero attached hydrogens (tertiary/aromatic N) is 6. The van der Waals surface area contributed by atoms with E-state index in [1.807, 2.05) is 63.1 Å². The number of aliphatic imine (C=N–C) groups is 3. The van der Waals surface area contributed by atoms with Crippen LogP contribution in [-0.4, -0.2) is 95.6 Å². The van der Waals surface area contributed by atoms with Gasteiger partial charge in [0.25, 0.3) is 0 Å². The fraction of sp³-hybridized carbons (Fsp3) is 0.800. The van der Waals surface area contributed by atoms with Crippen molar-refractivity contribution < 1.29 is 25.8 Å². The molecule has 0 N–H and O–H groups in total. The average molecular weight is 342 g/mol. The first-order valence-electron chi connectivity index (χ1n) is 7.09. The molecule has 22 heavy (non-hydrogen) atoms. The molecule has 0 bridgehead atoms. The van der Waals surface area contributed by atoms with Crippen LogP contribution in [0.25, 0.3) is 0 Å². The molecule has 0 aromatic carbocycles. The van der Waals surface area contributed by atoms with Gasteiger partial charge in [0.1, 0.15) is 0 Å². The van der Waals surface area contributed by atoms with Gasteiger partial charge in [-0.1, -0.05) is 0 Å². The van der Waals surface area contributed by atoms with Gasteiger partial charge in [-0.2, -0.15) is 0 Å². The third kappa shape index (κ3) is 50.6. The normalized spacial score (nSPS) is 9.68. The zero-order chi connectivity index (χ0) is 17.1. The molecule has 0 aromatic rings. The zero-order valence-electron chi connectivity index (χ0n) is 15.9. The van der Waals surface area contributed by atoms with Crippen LogP contribution in [-0.2, 0) is 25.8 Å². The second-order valence-corrected chi connectivity index (χ2v) is 4.41. The molecular weight excluding hydrogens is 309 g/mol. The van der Waals surface area contributed by atoms with Crippen LogP contribution < -0.4 is 0 Å². The van der Waals surface area contributed by atoms with Gasteiger partial charge >= 0.3 is 25.8 Å². The largest absolute Gasteiger partial charge is 3.00 e. The van der Waals surface area contributed by atoms with Crippen LogP contribution in [0.1, 0.15) is 20.8 Å². The van der Waals surface area contributed by atoms with Crippen molar-refractivity contribution in [2.75, 3.05) is 61.9 Å². The van der Waals surface area contributed by atoms with Gasteiger partial charge in [-0.15, -0.1) is 0 Å². The Hall–Kier alpha value is -0.720. The zero-order valence-corrected chi connectivity index (χ0v) is 17.7. The molecule has 0 rings (SSSR count). The standard InChI is InChI=1S/3C5H11N2.Sc/c3*1-4-6-5-7(2)3;/h3*4H2,1-3H3;/q3*-1;+3. The third-order valence-corrected chi connectivity index (χ3v) is 1.29. The van der Waals surface area contributed by atoms with E-state index in [2.05, 4.69) is 34.0 Å². The maximum Gasteiger partial charge on any atom is 3.00 e. The number of hydrogen-bond donors (Lipinski definition) is 0. The van der Waals surface area contributed by atoms with Crippen molar-refractivity contribution in [3.63, 3.8) is 0 Å². The molecule has 0 aromatic heterocycles. The van der Waals surface area contributed by atoms with Crippen molar-refractivity contribution in [1.29, 1.82) is 0 Å². The summed E-state index contributed by atoms with van der Waals surface area (Å²) < 4.78 is 0. The Bertz CT molecular complexity index is 220. The predicted molar refractivity (Wildman–Crippen MR) is 95.0 cm³/mol. The van der Waals surface area contributed by atoms with Gasteiger partial charge in [0.05, 0.1) is 0 Å². The molecule has 0 saturated carbocycles. The van der Waals surface area contributed by atoms with Crippen LogP contribution in [0.4, 0.5) is 0 Å². The van der Waals surface area contributed by atoms with E-state index in [4.69, 9.17) is 0 Å². The van der Waals surface area contributed by atoms with Crippen LogP contribution in [0.2, 0.25) is 0 Å². The van der Waals surface area contributed by atoms with Crippen molar-refractivity contribution >= 4 is 19.0 Å². The minimum Gasteiger partial charge on any atom is -0.542 e. The molecule has 0 atom stereocenters. The van der Waals surface area contributed by atoms with E-state index < -0.39 is 0 Å². The fourth-order valence-corrected chi connectivity index (χ4v) is 0.636. The monoisotopic (exact) mass is 342 g/mol. The van der Waals surface area contributed by atoms with Gasteiger partial charge in [-0.05, 0) is 82.7 Å². The van der Waals surface area contributed by atoms with Gasteiger partial charge in [0, 0.05) is 0 Å². The summed E-state index contributed by atoms with van der Waals surface area (Å²) in [5, 5.41) is 0. The van der Waals surface area contributed by atoms with Gasteiger partial charge in [-0.25, -0.2) is 0 Å². The molecular formula is C15H33N6Sc. The van der Waals surface area contributed by atoms with E-state index in [1.54, 1.807) is 14.7 Å². The van der Waals surface area contributed by atoms with E-state index >= 15 is 0 Å². The van der Waals surface area contributed by atoms with Crippen LogP contribution >= 0.6 is 0 Å². The minimum atomic E-state index is 0. The molecule has 6 nitrogen and oxygen atoms in total. The first-order valence-corrected chi connectivity index (χ1v) is 7.09. The Morgan fingerprint density at radius 2 is 0.727 bits per heavy atom. The molecule has 0 heterocycles. The summed E-state index contributed by atoms with van der Waals surface area (Å²) in [6.07, 6.45) is 8.26. The maximum atomic E-state index is 3.85. The first-order chi connectivity index (χ1) is 9.81. The van der Waals surface area contributed by atoms with Crippen LogP contribution in [0.5, 0.6) is 0 Å². The average Bonchev–Trinajstić information content (AvgIpc) is 2.41. The summed E-state index contributed by atoms with van der Waals surface area (Å²) in [4.78, 5) is 16.9. The summed E-state index contributed by atoms with van der Waals surface area (Å²) in [5.41, 5.74) is 0. The van der Waals surface area contributed by atoms with Crippen LogP contribution in [0, 0.1) is 0 Å². The topological polar surface area (TPSA) is 46.8 Å². The summed E-state index contributed by atoms with van der Waals surface area (Å²) >= 11 is 0. The quantitative estimate of drug-likeness (QED) is 0.317. The fourth-order valence-electron chi connectivity index (χ4n) is 0.636. The van der Waals surface area contributed by atoms with E-state index in [0.29, 0.717) is 0 Å². The SMILES string of the molecule is CCN=[C-]N(C)C.CCN=[C-]N(C)C.CCN=[C-]N(C)C.[Sc+3]. The van der Waals surface area contributed by atoms with Crippen molar-refractivity contribution in [3.8, 4) is 0 Å². The van der Waals surface area contributed by atoms with Gasteiger partial charge in [0.2, 0.25) is 0 Å². The molecule has 0 unspecified atom stereocenters. The first kappa shape index (κ1) is 29.3. The van der Waals surface area contributed by atoms with E-state index in [-0.39, 0.29) is 25.8 Å². The molecule has 0 amide bonds. The van der Waals surface area contributed by atoms with Crippen molar-refractivity contribution in [2.24, 2.45) is 15.0 Å². The number of hydrogen-bond acceptors (Lipinski definition) is 3. The molecule has 126 valence electrons. The molecule has 0 aliphatic carbocycles. The second-order valence-electron chi connectivity index (χ2n) is 4.41. The predicted octanol–water partition coefficient (Wildman–Crippen LogP) is 1.42. The molecule has 0 aliphatic rings. The molecule has 0 radical (unpaired) electrons. The van der Waals surface area contributed by atoms with Gasteiger partial charge in [-0.3, -0.25) is 19.0 Å². The Morgan fingerprint density at radius 1 is 0.545 bits per heavy atom.